The van der Waals surface area contributed by atoms with Crippen molar-refractivity contribution in [2.75, 3.05) is 0 Å². The van der Waals surface area contributed by atoms with Crippen LogP contribution < -0.4 is 0 Å². The molecule has 0 aliphatic heterocycles. The summed E-state index contributed by atoms with van der Waals surface area (Å²) in [4.78, 5) is 72.8. The van der Waals surface area contributed by atoms with E-state index in [0.717, 1.165) is 127 Å². The van der Waals surface area contributed by atoms with Gasteiger partial charge in [-0.15, -0.1) is 174 Å². The number of benzene rings is 10. The number of aryl methyl sites for hydroxylation is 13. The van der Waals surface area contributed by atoms with E-state index in [2.05, 4.69) is 125 Å². The number of ketones is 5. The third kappa shape index (κ3) is 43.4. The molecule has 0 saturated carbocycles. The van der Waals surface area contributed by atoms with Crippen LogP contribution in [0.15, 0.2) is 284 Å². The molecular weight excluding hydrogens is 2550 g/mol. The monoisotopic (exact) mass is 2680 g/mol. The Labute approximate surface area is 869 Å². The number of carbonyl (C=O) groups is 5. The molecule has 0 unspecified atom stereocenters. The second-order valence-corrected chi connectivity index (χ2v) is 30.6. The van der Waals surface area contributed by atoms with Crippen molar-refractivity contribution in [2.45, 2.75) is 159 Å². The molecule has 5 radical (unpaired) electrons. The van der Waals surface area contributed by atoms with E-state index in [4.69, 9.17) is 42.0 Å². The Morgan fingerprint density at radius 3 is 0.857 bits per heavy atom. The van der Waals surface area contributed by atoms with Gasteiger partial charge in [-0.1, -0.05) is 195 Å². The SMILES string of the molecule is CC(=O)C=C(C)O.CC(=O)C=C(C)O.CC(=O)C=C(C)O.CC(=O)C=C(C)O.CC(=O)C=C(C)O.Cc1[c-]c(-c2nccc3cc(C)ccc23)cc(C)c1.[2H]C([2H])([2H])c1[c-]c(-c2ccc3ccc(C)cc3n2)cc(C)c1.[2H]C([2H])([2H])c1[c-]c(-c2ccc3ccccc3n2)cc(C)c1.[2H]C([2H])([2H])c1[c-]c(-c2nccc3cc(C)ccc23)cc(C)c1.[2H]C([2H])([2H])c1[c-]c(-c2nccc3ccccc23)cc(C)c1.[Ir].[Ir].[Ir].[Ir].[Ir]. The fraction of sp³-hybridized carbons (Fsp3) is 0.204. The molecule has 0 saturated heterocycles. The zero-order chi connectivity index (χ0) is 105. The summed E-state index contributed by atoms with van der Waals surface area (Å²) in [5.74, 6) is -0.312. The zero-order valence-corrected chi connectivity index (χ0v) is 89.4. The number of aliphatic hydroxyl groups excluding tert-OH is 5. The Kier molecular flexibility index (Phi) is 44.6. The minimum Gasteiger partial charge on any atom is -0.512 e. The third-order valence-electron chi connectivity index (χ3n) is 17.5. The summed E-state index contributed by atoms with van der Waals surface area (Å²) in [5, 5.41) is 50.5. The Balaban J connectivity index is 0.000000830. The van der Waals surface area contributed by atoms with Crippen LogP contribution in [0.25, 0.3) is 110 Å². The second-order valence-electron chi connectivity index (χ2n) is 30.6. The summed E-state index contributed by atoms with van der Waals surface area (Å²) in [6, 6.07) is 82.3. The molecule has 0 aliphatic carbocycles. The molecule has 5 aromatic heterocycles. The molecule has 5 heterocycles. The maximum atomic E-state index is 10.0. The van der Waals surface area contributed by atoms with Gasteiger partial charge in [0.15, 0.2) is 28.9 Å². The molecule has 10 aromatic carbocycles. The molecule has 133 heavy (non-hydrogen) atoms. The van der Waals surface area contributed by atoms with Crippen molar-refractivity contribution in [1.29, 1.82) is 0 Å². The van der Waals surface area contributed by atoms with Gasteiger partial charge < -0.3 is 40.5 Å². The fourth-order valence-corrected chi connectivity index (χ4v) is 12.8. The number of hydrogen-bond donors (Lipinski definition) is 5. The number of allylic oxidation sites excluding steroid dienone is 10. The van der Waals surface area contributed by atoms with Crippen molar-refractivity contribution in [1.82, 2.24) is 24.9 Å². The van der Waals surface area contributed by atoms with Crippen LogP contribution in [0.4, 0.5) is 0 Å². The van der Waals surface area contributed by atoms with Gasteiger partial charge in [-0.05, 0) is 197 Å². The van der Waals surface area contributed by atoms with Crippen LogP contribution >= 0.6 is 0 Å². The van der Waals surface area contributed by atoms with Gasteiger partial charge in [0, 0.05) is 166 Å². The fourth-order valence-electron chi connectivity index (χ4n) is 12.8. The average Bonchev–Trinajstić information content (AvgIpc) is 0.820. The van der Waals surface area contributed by atoms with Crippen LogP contribution in [0.1, 0.15) is 158 Å². The summed E-state index contributed by atoms with van der Waals surface area (Å²) in [5.41, 5.74) is 20.3. The van der Waals surface area contributed by atoms with Gasteiger partial charge in [-0.25, -0.2) is 0 Å². The van der Waals surface area contributed by atoms with Crippen molar-refractivity contribution < 1.29 is 166 Å². The van der Waals surface area contributed by atoms with Gasteiger partial charge in [0.25, 0.3) is 0 Å². The first kappa shape index (κ1) is 99.0. The molecular formula is C113H116Ir5N5O10-5. The number of para-hydroxylation sites is 1. The predicted octanol–water partition coefficient (Wildman–Crippen LogP) is 27.7. The van der Waals surface area contributed by atoms with Crippen molar-refractivity contribution in [3.8, 4) is 56.3 Å². The van der Waals surface area contributed by atoms with Crippen molar-refractivity contribution in [3.63, 3.8) is 0 Å². The first-order chi connectivity index (χ1) is 65.3. The maximum absolute atomic E-state index is 10.0. The molecule has 15 aromatic rings. The van der Waals surface area contributed by atoms with Crippen LogP contribution in [-0.4, -0.2) is 79.4 Å². The van der Waals surface area contributed by atoms with Crippen molar-refractivity contribution >= 4 is 83.0 Å². The quantitative estimate of drug-likeness (QED) is 0.0485. The summed E-state index contributed by atoms with van der Waals surface area (Å²) in [7, 11) is 0. The van der Waals surface area contributed by atoms with Gasteiger partial charge in [-0.2, -0.15) is 0 Å². The van der Waals surface area contributed by atoms with Crippen LogP contribution in [0.3, 0.4) is 0 Å². The topological polar surface area (TPSA) is 251 Å². The average molecular weight is 2680 g/mol. The van der Waals surface area contributed by atoms with E-state index < -0.39 is 27.4 Å². The summed E-state index contributed by atoms with van der Waals surface area (Å²) in [6.07, 6.45) is 11.2. The largest absolute Gasteiger partial charge is 0.512 e. The summed E-state index contributed by atoms with van der Waals surface area (Å²) in [6.45, 7) is 23.5. The second kappa shape index (κ2) is 59.9. The third-order valence-corrected chi connectivity index (χ3v) is 17.5. The van der Waals surface area contributed by atoms with E-state index in [1.807, 2.05) is 181 Å². The van der Waals surface area contributed by atoms with E-state index in [9.17, 15) is 24.0 Å². The maximum Gasteiger partial charge on any atom is 0.155 e. The first-order valence-electron chi connectivity index (χ1n) is 46.7. The molecule has 15 nitrogen and oxygen atoms in total. The first-order valence-corrected chi connectivity index (χ1v) is 40.7. The molecule has 0 amide bonds. The predicted molar refractivity (Wildman–Crippen MR) is 527 cm³/mol. The molecule has 15 rings (SSSR count). The van der Waals surface area contributed by atoms with Gasteiger partial charge in [0.1, 0.15) is 0 Å². The minimum atomic E-state index is -2.16. The summed E-state index contributed by atoms with van der Waals surface area (Å²) >= 11 is 0. The van der Waals surface area contributed by atoms with Gasteiger partial charge in [-0.3, -0.25) is 33.9 Å². The smallest absolute Gasteiger partial charge is 0.155 e. The number of rotatable bonds is 10. The molecule has 703 valence electrons. The molecule has 0 fully saturated rings. The van der Waals surface area contributed by atoms with Crippen molar-refractivity contribution in [3.05, 3.63) is 387 Å². The van der Waals surface area contributed by atoms with Gasteiger partial charge in [0.2, 0.25) is 0 Å². The Hall–Kier alpha value is -11.5. The van der Waals surface area contributed by atoms with E-state index in [-0.39, 0.29) is 180 Å². The Morgan fingerprint density at radius 1 is 0.263 bits per heavy atom. The number of hydrogen-bond acceptors (Lipinski definition) is 15. The van der Waals surface area contributed by atoms with Crippen LogP contribution in [0.5, 0.6) is 0 Å². The van der Waals surface area contributed by atoms with E-state index in [1.165, 1.54) is 127 Å². The Morgan fingerprint density at radius 2 is 0.526 bits per heavy atom. The molecule has 5 N–H and O–H groups in total. The van der Waals surface area contributed by atoms with Crippen LogP contribution in [0, 0.1) is 120 Å². The van der Waals surface area contributed by atoms with E-state index in [1.54, 1.807) is 36.7 Å². The standard InChI is InChI=1S/3C18H16N.2C17H14N.5C5H8O2.5Ir/c1-12-4-5-15-6-7-17(19-18(15)11-12)16-9-13(2)8-14(3)10-16;2*1-12-4-5-17-15(9-12)6-7-19-18(17)16-10-13(2)8-14(3)11-16;1-12-9-13(2)11-15(10-12)17-16-6-4-3-5-14(16)7-8-18-17;1-12-9-13(2)11-15(10-12)17-8-7-14-5-3-4-6-16(14)18-17;5*1-4(6)3-5(2)7;;;;;/h4-9,11H,1-3H3;2*4-10H,1-3H3;2*3-10H,1-2H3;5*3,6H,1-2H3;;;;;/q5*-1;;;;;;;;;;/i2*3D3;;2*2D3;;;;;;;;;;. The molecule has 0 atom stereocenters. The minimum absolute atomic E-state index is 0. The van der Waals surface area contributed by atoms with Crippen molar-refractivity contribution in [2.24, 2.45) is 0 Å². The normalized spacial score (nSPS) is 12.3. The molecule has 0 bridgehead atoms. The number of fused-ring (bicyclic) bond motifs is 5. The van der Waals surface area contributed by atoms with E-state index >= 15 is 0 Å². The summed E-state index contributed by atoms with van der Waals surface area (Å²) < 4.78 is 90.9. The number of nitrogens with zero attached hydrogens (tertiary/aromatic N) is 5. The molecule has 0 spiro atoms. The zero-order valence-electron chi connectivity index (χ0n) is 89.4. The number of aliphatic hydroxyl groups is 5. The van der Waals surface area contributed by atoms with Gasteiger partial charge in [0.05, 0.1) is 39.8 Å². The number of pyridine rings is 5. The number of carbonyl (C=O) groups excluding carboxylic acids is 5. The van der Waals surface area contributed by atoms with Crippen LogP contribution in [-0.2, 0) is 124 Å². The Bertz CT molecular complexity index is 6920. The molecule has 20 heteroatoms. The molecule has 0 aliphatic rings. The number of aromatic nitrogens is 5. The van der Waals surface area contributed by atoms with Crippen LogP contribution in [0.2, 0.25) is 0 Å². The van der Waals surface area contributed by atoms with Gasteiger partial charge >= 0.3 is 0 Å². The van der Waals surface area contributed by atoms with E-state index in [0.29, 0.717) is 5.56 Å².